The van der Waals surface area contributed by atoms with Gasteiger partial charge in [-0.2, -0.15) is 0 Å². The molecular formula is C15H13N. The molecule has 1 N–H and O–H groups in total. The average Bonchev–Trinajstić information content (AvgIpc) is 2.72. The summed E-state index contributed by atoms with van der Waals surface area (Å²) in [5.41, 5.74) is 5.32. The van der Waals surface area contributed by atoms with Crippen LogP contribution in [0.25, 0.3) is 11.6 Å². The number of nitrogens with one attached hydrogen (secondary N) is 1. The standard InChI is InChI=1S/C13H9N.C2H4/c14-13-7-3-6-11-10-5-2-1-4-9(10)8-12(11)13;1-2/h1-8,14H;1-2H2. The third-order valence-electron chi connectivity index (χ3n) is 2.66. The van der Waals surface area contributed by atoms with Gasteiger partial charge < -0.3 is 5.41 Å². The molecule has 0 unspecified atom stereocenters. The predicted molar refractivity (Wildman–Crippen MR) is 70.5 cm³/mol. The van der Waals surface area contributed by atoms with Crippen molar-refractivity contribution in [2.75, 3.05) is 0 Å². The second-order valence-corrected chi connectivity index (χ2v) is 3.50. The van der Waals surface area contributed by atoms with Crippen molar-refractivity contribution in [3.05, 3.63) is 72.4 Å². The topological polar surface area (TPSA) is 23.9 Å². The molecule has 0 fully saturated rings. The summed E-state index contributed by atoms with van der Waals surface area (Å²) in [7, 11) is 0. The Bertz CT molecular complexity index is 530. The van der Waals surface area contributed by atoms with Gasteiger partial charge in [0.25, 0.3) is 0 Å². The van der Waals surface area contributed by atoms with E-state index in [-0.39, 0.29) is 0 Å². The quantitative estimate of drug-likeness (QED) is 0.625. The highest BCUT2D eigenvalue weighted by atomic mass is 14.4. The molecule has 0 bridgehead atoms. The summed E-state index contributed by atoms with van der Waals surface area (Å²) in [5, 5.41) is 7.80. The molecule has 2 aliphatic rings. The van der Waals surface area contributed by atoms with E-state index in [1.54, 1.807) is 0 Å². The Balaban J connectivity index is 0.000000457. The molecule has 0 radical (unpaired) electrons. The van der Waals surface area contributed by atoms with Crippen molar-refractivity contribution in [1.82, 2.24) is 0 Å². The maximum Gasteiger partial charge on any atom is 0.0618 e. The number of allylic oxidation sites excluding steroid dienone is 5. The van der Waals surface area contributed by atoms with Crippen molar-refractivity contribution in [1.29, 1.82) is 5.41 Å². The van der Waals surface area contributed by atoms with Crippen LogP contribution in [0, 0.1) is 5.41 Å². The highest BCUT2D eigenvalue weighted by Gasteiger charge is 2.21. The van der Waals surface area contributed by atoms with Gasteiger partial charge in [0.2, 0.25) is 0 Å². The fraction of sp³-hybridized carbons (Fsp3) is 0. The molecule has 0 aromatic heterocycles. The molecule has 0 atom stereocenters. The monoisotopic (exact) mass is 207 g/mol. The largest absolute Gasteiger partial charge is 0.300 e. The van der Waals surface area contributed by atoms with Crippen molar-refractivity contribution in [3.63, 3.8) is 0 Å². The van der Waals surface area contributed by atoms with Crippen LogP contribution in [-0.2, 0) is 0 Å². The third kappa shape index (κ3) is 1.47. The Hall–Kier alpha value is -2.15. The molecule has 3 rings (SSSR count). The number of rotatable bonds is 0. The lowest BCUT2D eigenvalue weighted by Crippen LogP contribution is -1.99. The van der Waals surface area contributed by atoms with Crippen LogP contribution in [0.3, 0.4) is 0 Å². The first-order valence-electron chi connectivity index (χ1n) is 5.15. The van der Waals surface area contributed by atoms with E-state index in [1.165, 1.54) is 16.7 Å². The highest BCUT2D eigenvalue weighted by molar-refractivity contribution is 6.24. The summed E-state index contributed by atoms with van der Waals surface area (Å²) in [6.45, 7) is 6.00. The van der Waals surface area contributed by atoms with E-state index in [0.29, 0.717) is 5.71 Å². The van der Waals surface area contributed by atoms with E-state index in [9.17, 15) is 0 Å². The van der Waals surface area contributed by atoms with Gasteiger partial charge in [0.15, 0.2) is 0 Å². The van der Waals surface area contributed by atoms with Crippen LogP contribution in [-0.4, -0.2) is 5.71 Å². The van der Waals surface area contributed by atoms with Gasteiger partial charge in [-0.3, -0.25) is 0 Å². The van der Waals surface area contributed by atoms with Gasteiger partial charge in [0.1, 0.15) is 0 Å². The van der Waals surface area contributed by atoms with Crippen LogP contribution in [0.1, 0.15) is 11.1 Å². The summed E-state index contributed by atoms with van der Waals surface area (Å²) >= 11 is 0. The van der Waals surface area contributed by atoms with Crippen molar-refractivity contribution in [3.8, 4) is 0 Å². The summed E-state index contributed by atoms with van der Waals surface area (Å²) in [6.07, 6.45) is 7.95. The molecule has 0 saturated heterocycles. The van der Waals surface area contributed by atoms with Crippen molar-refractivity contribution < 1.29 is 0 Å². The predicted octanol–water partition coefficient (Wildman–Crippen LogP) is 3.86. The van der Waals surface area contributed by atoms with Crippen molar-refractivity contribution in [2.45, 2.75) is 0 Å². The number of benzene rings is 1. The highest BCUT2D eigenvalue weighted by Crippen LogP contribution is 2.37. The lowest BCUT2D eigenvalue weighted by molar-refractivity contribution is 1.51. The van der Waals surface area contributed by atoms with E-state index in [1.807, 2.05) is 24.3 Å². The first-order chi connectivity index (χ1) is 7.86. The minimum atomic E-state index is 0.610. The molecule has 1 aromatic rings. The second-order valence-electron chi connectivity index (χ2n) is 3.50. The fourth-order valence-electron chi connectivity index (χ4n) is 1.98. The third-order valence-corrected chi connectivity index (χ3v) is 2.66. The lowest BCUT2D eigenvalue weighted by Gasteiger charge is -2.08. The zero-order valence-electron chi connectivity index (χ0n) is 9.03. The zero-order valence-corrected chi connectivity index (χ0v) is 9.03. The second kappa shape index (κ2) is 4.15. The van der Waals surface area contributed by atoms with E-state index in [2.05, 4.69) is 37.4 Å². The Morgan fingerprint density at radius 1 is 1.00 bits per heavy atom. The molecule has 1 heteroatoms. The van der Waals surface area contributed by atoms with E-state index >= 15 is 0 Å². The molecule has 0 aliphatic heterocycles. The number of hydrogen-bond acceptors (Lipinski definition) is 1. The molecule has 2 aliphatic carbocycles. The smallest absolute Gasteiger partial charge is 0.0618 e. The SMILES string of the molecule is C=C.N=C1C=CC=C2C1=Cc1ccccc12. The van der Waals surface area contributed by atoms with Crippen molar-refractivity contribution >= 4 is 17.4 Å². The van der Waals surface area contributed by atoms with Crippen LogP contribution in [0.4, 0.5) is 0 Å². The molecule has 1 aromatic carbocycles. The number of hydrogen-bond donors (Lipinski definition) is 1. The Morgan fingerprint density at radius 2 is 1.75 bits per heavy atom. The average molecular weight is 207 g/mol. The molecule has 0 heterocycles. The molecule has 78 valence electrons. The Labute approximate surface area is 95.6 Å². The molecule has 0 saturated carbocycles. The van der Waals surface area contributed by atoms with Crippen molar-refractivity contribution in [2.24, 2.45) is 0 Å². The fourth-order valence-corrected chi connectivity index (χ4v) is 1.98. The molecule has 16 heavy (non-hydrogen) atoms. The van der Waals surface area contributed by atoms with Crippen LogP contribution in [0.5, 0.6) is 0 Å². The van der Waals surface area contributed by atoms with Crippen LogP contribution < -0.4 is 0 Å². The summed E-state index contributed by atoms with van der Waals surface area (Å²) in [6, 6.07) is 8.27. The van der Waals surface area contributed by atoms with Crippen LogP contribution in [0.15, 0.2) is 61.2 Å². The van der Waals surface area contributed by atoms with E-state index < -0.39 is 0 Å². The number of fused-ring (bicyclic) bond motifs is 3. The first kappa shape index (κ1) is 10.4. The van der Waals surface area contributed by atoms with Gasteiger partial charge in [-0.1, -0.05) is 36.4 Å². The minimum absolute atomic E-state index is 0.610. The maximum atomic E-state index is 7.80. The Kier molecular flexibility index (Phi) is 2.69. The summed E-state index contributed by atoms with van der Waals surface area (Å²) in [5.74, 6) is 0. The molecule has 1 nitrogen and oxygen atoms in total. The van der Waals surface area contributed by atoms with Gasteiger partial charge >= 0.3 is 0 Å². The zero-order chi connectivity index (χ0) is 11.5. The van der Waals surface area contributed by atoms with Gasteiger partial charge in [-0.25, -0.2) is 0 Å². The van der Waals surface area contributed by atoms with Gasteiger partial charge in [0.05, 0.1) is 5.71 Å². The van der Waals surface area contributed by atoms with Crippen LogP contribution >= 0.6 is 0 Å². The molecule has 0 amide bonds. The van der Waals surface area contributed by atoms with Gasteiger partial charge in [-0.15, -0.1) is 13.2 Å². The van der Waals surface area contributed by atoms with E-state index in [4.69, 9.17) is 5.41 Å². The lowest BCUT2D eigenvalue weighted by atomic mass is 9.96. The van der Waals surface area contributed by atoms with Crippen LogP contribution in [0.2, 0.25) is 0 Å². The summed E-state index contributed by atoms with van der Waals surface area (Å²) in [4.78, 5) is 0. The Morgan fingerprint density at radius 3 is 2.56 bits per heavy atom. The van der Waals surface area contributed by atoms with Gasteiger partial charge in [-0.05, 0) is 28.9 Å². The van der Waals surface area contributed by atoms with E-state index in [0.717, 1.165) is 5.57 Å². The van der Waals surface area contributed by atoms with Gasteiger partial charge in [0, 0.05) is 5.57 Å². The molecule has 0 spiro atoms. The normalized spacial score (nSPS) is 15.4. The minimum Gasteiger partial charge on any atom is -0.300 e. The maximum absolute atomic E-state index is 7.80. The summed E-state index contributed by atoms with van der Waals surface area (Å²) < 4.78 is 0. The first-order valence-corrected chi connectivity index (χ1v) is 5.15. The molecular weight excluding hydrogens is 194 g/mol.